The molecule has 0 heterocycles. The highest BCUT2D eigenvalue weighted by Crippen LogP contribution is 2.12. The van der Waals surface area contributed by atoms with Gasteiger partial charge in [-0.25, -0.2) is 0 Å². The first-order valence-electron chi connectivity index (χ1n) is 18.9. The van der Waals surface area contributed by atoms with Crippen LogP contribution < -0.4 is 0 Å². The number of rotatable bonds is 34. The molecule has 0 spiro atoms. The van der Waals surface area contributed by atoms with Gasteiger partial charge in [-0.2, -0.15) is 0 Å². The first kappa shape index (κ1) is 43.1. The predicted octanol–water partition coefficient (Wildman–Crippen LogP) is 12.1. The fourth-order valence-corrected chi connectivity index (χ4v) is 5.02. The molecule has 1 unspecified atom stereocenters. The van der Waals surface area contributed by atoms with Crippen LogP contribution in [0.25, 0.3) is 0 Å². The van der Waals surface area contributed by atoms with Crippen LogP contribution in [0.2, 0.25) is 0 Å². The molecule has 0 aliphatic rings. The van der Waals surface area contributed by atoms with Crippen molar-refractivity contribution in [3.05, 3.63) is 60.8 Å². The molecule has 0 amide bonds. The number of ether oxygens (including phenoxy) is 2. The Bertz CT molecular complexity index is 749. The van der Waals surface area contributed by atoms with E-state index in [0.717, 1.165) is 57.8 Å². The molecule has 0 rings (SSSR count). The number of hydrogen-bond acceptors (Lipinski definition) is 4. The smallest absolute Gasteiger partial charge is 0.306 e. The van der Waals surface area contributed by atoms with Crippen molar-refractivity contribution < 1.29 is 19.4 Å². The van der Waals surface area contributed by atoms with E-state index in [0.29, 0.717) is 13.0 Å². The molecule has 0 bridgehead atoms. The van der Waals surface area contributed by atoms with E-state index in [1.165, 1.54) is 89.9 Å². The summed E-state index contributed by atoms with van der Waals surface area (Å²) in [5, 5.41) is 9.56. The highest BCUT2D eigenvalue weighted by atomic mass is 16.6. The second-order valence-corrected chi connectivity index (χ2v) is 12.3. The average Bonchev–Trinajstić information content (AvgIpc) is 3.05. The largest absolute Gasteiger partial charge is 0.457 e. The number of carbonyl (C=O) groups is 1. The maximum absolute atomic E-state index is 12.1. The van der Waals surface area contributed by atoms with Crippen LogP contribution in [0.15, 0.2) is 60.8 Å². The summed E-state index contributed by atoms with van der Waals surface area (Å²) in [6, 6.07) is 0. The molecule has 1 atom stereocenters. The second-order valence-electron chi connectivity index (χ2n) is 12.3. The van der Waals surface area contributed by atoms with Crippen LogP contribution in [0.4, 0.5) is 0 Å². The number of esters is 1. The van der Waals surface area contributed by atoms with E-state index in [1.807, 2.05) is 0 Å². The SMILES string of the molecule is CC/C=C\C/C=C\C/C=C\CCCCCCCCCCOCC(CO)OC(=O)CCCCCCC/C=C\C/C=C\CCCCC. The number of hydrogen-bond donors (Lipinski definition) is 1. The van der Waals surface area contributed by atoms with E-state index in [-0.39, 0.29) is 19.2 Å². The number of aliphatic hydroxyl groups is 1. The minimum Gasteiger partial charge on any atom is -0.457 e. The van der Waals surface area contributed by atoms with Gasteiger partial charge in [0.2, 0.25) is 0 Å². The van der Waals surface area contributed by atoms with Gasteiger partial charge < -0.3 is 14.6 Å². The van der Waals surface area contributed by atoms with Crippen molar-refractivity contribution in [3.63, 3.8) is 0 Å². The van der Waals surface area contributed by atoms with Gasteiger partial charge >= 0.3 is 5.97 Å². The third-order valence-corrected chi connectivity index (χ3v) is 7.83. The van der Waals surface area contributed by atoms with Crippen molar-refractivity contribution >= 4 is 5.97 Å². The van der Waals surface area contributed by atoms with Gasteiger partial charge in [0.05, 0.1) is 13.2 Å². The zero-order valence-electron chi connectivity index (χ0n) is 29.6. The lowest BCUT2D eigenvalue weighted by molar-refractivity contribution is -0.154. The number of carbonyl (C=O) groups excluding carboxylic acids is 1. The standard InChI is InChI=1S/C41H72O4/c1-3-5-7-9-11-13-15-17-19-20-21-23-25-27-29-31-33-35-37-44-39-40(38-42)45-41(43)36-34-32-30-28-26-24-22-18-16-14-12-10-8-6-4-2/h5,7,11-14,17-19,22,40,42H,3-4,6,8-10,15-16,20-21,23-39H2,1-2H3/b7-5-,13-11-,14-12-,19-17-,22-18-. The van der Waals surface area contributed by atoms with Crippen molar-refractivity contribution in [3.8, 4) is 0 Å². The second kappa shape index (κ2) is 38.3. The van der Waals surface area contributed by atoms with Crippen LogP contribution in [0.5, 0.6) is 0 Å². The molecule has 0 saturated heterocycles. The molecule has 1 N–H and O–H groups in total. The van der Waals surface area contributed by atoms with Crippen molar-refractivity contribution in [2.45, 2.75) is 174 Å². The van der Waals surface area contributed by atoms with E-state index in [9.17, 15) is 9.90 Å². The van der Waals surface area contributed by atoms with Crippen LogP contribution in [-0.2, 0) is 14.3 Å². The fraction of sp³-hybridized carbons (Fsp3) is 0.732. The Morgan fingerprint density at radius 1 is 0.556 bits per heavy atom. The molecular formula is C41H72O4. The number of allylic oxidation sites excluding steroid dienone is 10. The van der Waals surface area contributed by atoms with Gasteiger partial charge in [-0.15, -0.1) is 0 Å². The van der Waals surface area contributed by atoms with Gasteiger partial charge in [0, 0.05) is 13.0 Å². The summed E-state index contributed by atoms with van der Waals surface area (Å²) < 4.78 is 11.1. The molecular weight excluding hydrogens is 556 g/mol. The van der Waals surface area contributed by atoms with Crippen LogP contribution in [0, 0.1) is 0 Å². The van der Waals surface area contributed by atoms with E-state index < -0.39 is 6.10 Å². The van der Waals surface area contributed by atoms with Crippen molar-refractivity contribution in [1.29, 1.82) is 0 Å². The van der Waals surface area contributed by atoms with E-state index >= 15 is 0 Å². The summed E-state index contributed by atoms with van der Waals surface area (Å²) in [5.74, 6) is -0.220. The summed E-state index contributed by atoms with van der Waals surface area (Å²) in [6.45, 7) is 5.17. The molecule has 0 aliphatic heterocycles. The Morgan fingerprint density at radius 2 is 1.00 bits per heavy atom. The van der Waals surface area contributed by atoms with Crippen LogP contribution in [0.3, 0.4) is 0 Å². The first-order chi connectivity index (χ1) is 22.2. The Kier molecular flexibility index (Phi) is 36.6. The molecule has 0 fully saturated rings. The summed E-state index contributed by atoms with van der Waals surface area (Å²) in [7, 11) is 0. The highest BCUT2D eigenvalue weighted by Gasteiger charge is 2.13. The van der Waals surface area contributed by atoms with E-state index in [2.05, 4.69) is 74.6 Å². The van der Waals surface area contributed by atoms with E-state index in [4.69, 9.17) is 9.47 Å². The maximum atomic E-state index is 12.1. The number of unbranched alkanes of at least 4 members (excludes halogenated alkanes) is 16. The monoisotopic (exact) mass is 629 g/mol. The normalized spacial score (nSPS) is 13.0. The zero-order valence-corrected chi connectivity index (χ0v) is 29.6. The quantitative estimate of drug-likeness (QED) is 0.0437. The Morgan fingerprint density at radius 3 is 1.51 bits per heavy atom. The molecule has 0 aromatic carbocycles. The molecule has 0 aromatic heterocycles. The van der Waals surface area contributed by atoms with E-state index in [1.54, 1.807) is 0 Å². The minimum absolute atomic E-state index is 0.183. The molecule has 4 nitrogen and oxygen atoms in total. The fourth-order valence-electron chi connectivity index (χ4n) is 5.02. The maximum Gasteiger partial charge on any atom is 0.306 e. The van der Waals surface area contributed by atoms with Crippen molar-refractivity contribution in [1.82, 2.24) is 0 Å². The summed E-state index contributed by atoms with van der Waals surface area (Å²) in [6.07, 6.45) is 49.7. The molecule has 0 aromatic rings. The third kappa shape index (κ3) is 36.4. The summed E-state index contributed by atoms with van der Waals surface area (Å²) in [4.78, 5) is 12.1. The zero-order chi connectivity index (χ0) is 32.7. The molecule has 0 saturated carbocycles. The molecule has 45 heavy (non-hydrogen) atoms. The lowest BCUT2D eigenvalue weighted by Gasteiger charge is -2.15. The Balaban J connectivity index is 3.49. The minimum atomic E-state index is -0.547. The van der Waals surface area contributed by atoms with Gasteiger partial charge in [0.15, 0.2) is 0 Å². The van der Waals surface area contributed by atoms with Gasteiger partial charge in [-0.05, 0) is 77.0 Å². The van der Waals surface area contributed by atoms with Crippen LogP contribution in [-0.4, -0.2) is 37.0 Å². The van der Waals surface area contributed by atoms with Gasteiger partial charge in [-0.1, -0.05) is 145 Å². The Hall–Kier alpha value is -1.91. The van der Waals surface area contributed by atoms with Crippen LogP contribution >= 0.6 is 0 Å². The third-order valence-electron chi connectivity index (χ3n) is 7.83. The van der Waals surface area contributed by atoms with Crippen molar-refractivity contribution in [2.24, 2.45) is 0 Å². The highest BCUT2D eigenvalue weighted by molar-refractivity contribution is 5.69. The summed E-state index contributed by atoms with van der Waals surface area (Å²) in [5.41, 5.74) is 0. The Labute approximate surface area is 279 Å². The van der Waals surface area contributed by atoms with Crippen LogP contribution in [0.1, 0.15) is 168 Å². The molecule has 4 heteroatoms. The van der Waals surface area contributed by atoms with Gasteiger partial charge in [0.1, 0.15) is 6.10 Å². The number of aliphatic hydroxyl groups excluding tert-OH is 1. The molecule has 0 aliphatic carbocycles. The first-order valence-corrected chi connectivity index (χ1v) is 18.9. The van der Waals surface area contributed by atoms with Crippen molar-refractivity contribution in [2.75, 3.05) is 19.8 Å². The summed E-state index contributed by atoms with van der Waals surface area (Å²) >= 11 is 0. The lowest BCUT2D eigenvalue weighted by Crippen LogP contribution is -2.27. The van der Waals surface area contributed by atoms with Gasteiger partial charge in [0.25, 0.3) is 0 Å². The van der Waals surface area contributed by atoms with Gasteiger partial charge in [-0.3, -0.25) is 4.79 Å². The molecule has 0 radical (unpaired) electrons. The predicted molar refractivity (Wildman–Crippen MR) is 196 cm³/mol. The average molecular weight is 629 g/mol. The topological polar surface area (TPSA) is 55.8 Å². The lowest BCUT2D eigenvalue weighted by atomic mass is 10.1. The molecule has 260 valence electrons.